The SMILES string of the molecule is CC(C)=CC(=O)/C=C(\C)CCOc1ccc(CCNC(=O)c2ccccc2)cc1. The van der Waals surface area contributed by atoms with E-state index in [4.69, 9.17) is 4.74 Å². The lowest BCUT2D eigenvalue weighted by molar-refractivity contribution is -0.110. The molecule has 0 saturated carbocycles. The molecular formula is C25H29NO3. The number of ether oxygens (including phenoxy) is 1. The van der Waals surface area contributed by atoms with Gasteiger partial charge in [0.2, 0.25) is 0 Å². The van der Waals surface area contributed by atoms with Crippen LogP contribution >= 0.6 is 0 Å². The molecule has 0 radical (unpaired) electrons. The summed E-state index contributed by atoms with van der Waals surface area (Å²) in [6.07, 6.45) is 4.75. The molecule has 1 N–H and O–H groups in total. The van der Waals surface area contributed by atoms with Gasteiger partial charge in [-0.2, -0.15) is 0 Å². The van der Waals surface area contributed by atoms with E-state index in [1.54, 1.807) is 24.3 Å². The second-order valence-electron chi connectivity index (χ2n) is 7.23. The summed E-state index contributed by atoms with van der Waals surface area (Å²) in [6, 6.07) is 17.1. The van der Waals surface area contributed by atoms with Crippen molar-refractivity contribution in [1.29, 1.82) is 0 Å². The van der Waals surface area contributed by atoms with Crippen LogP contribution in [-0.2, 0) is 11.2 Å². The van der Waals surface area contributed by atoms with Crippen molar-refractivity contribution in [3.8, 4) is 5.75 Å². The second-order valence-corrected chi connectivity index (χ2v) is 7.23. The maximum absolute atomic E-state index is 12.0. The Labute approximate surface area is 173 Å². The molecule has 0 heterocycles. The van der Waals surface area contributed by atoms with Gasteiger partial charge >= 0.3 is 0 Å². The molecule has 2 aromatic carbocycles. The first-order valence-electron chi connectivity index (χ1n) is 9.85. The maximum Gasteiger partial charge on any atom is 0.251 e. The highest BCUT2D eigenvalue weighted by atomic mass is 16.5. The topological polar surface area (TPSA) is 55.4 Å². The van der Waals surface area contributed by atoms with Crippen LogP contribution in [0.1, 0.15) is 43.1 Å². The zero-order chi connectivity index (χ0) is 21.1. The van der Waals surface area contributed by atoms with Crippen LogP contribution in [0.15, 0.2) is 77.9 Å². The van der Waals surface area contributed by atoms with Crippen LogP contribution in [0.4, 0.5) is 0 Å². The number of allylic oxidation sites excluding steroid dienone is 3. The molecule has 0 aliphatic rings. The van der Waals surface area contributed by atoms with Crippen molar-refractivity contribution in [2.45, 2.75) is 33.6 Å². The summed E-state index contributed by atoms with van der Waals surface area (Å²) in [5, 5.41) is 2.93. The van der Waals surface area contributed by atoms with E-state index >= 15 is 0 Å². The van der Waals surface area contributed by atoms with Gasteiger partial charge in [-0.15, -0.1) is 0 Å². The molecule has 0 bridgehead atoms. The van der Waals surface area contributed by atoms with E-state index < -0.39 is 0 Å². The van der Waals surface area contributed by atoms with Gasteiger partial charge in [-0.3, -0.25) is 9.59 Å². The summed E-state index contributed by atoms with van der Waals surface area (Å²) in [4.78, 5) is 23.7. The van der Waals surface area contributed by atoms with Crippen LogP contribution in [0, 0.1) is 0 Å². The Kier molecular flexibility index (Phi) is 8.90. The predicted molar refractivity (Wildman–Crippen MR) is 117 cm³/mol. The fraction of sp³-hybridized carbons (Fsp3) is 0.280. The summed E-state index contributed by atoms with van der Waals surface area (Å²) >= 11 is 0. The molecule has 0 aromatic heterocycles. The van der Waals surface area contributed by atoms with Gasteiger partial charge in [-0.1, -0.05) is 41.5 Å². The van der Waals surface area contributed by atoms with Crippen molar-refractivity contribution in [2.75, 3.05) is 13.2 Å². The molecule has 0 aliphatic carbocycles. The third-order valence-electron chi connectivity index (χ3n) is 4.24. The smallest absolute Gasteiger partial charge is 0.251 e. The average Bonchev–Trinajstić information content (AvgIpc) is 2.69. The van der Waals surface area contributed by atoms with Gasteiger partial charge in [0.25, 0.3) is 5.91 Å². The molecule has 2 rings (SSSR count). The van der Waals surface area contributed by atoms with E-state index in [0.717, 1.165) is 28.9 Å². The van der Waals surface area contributed by atoms with E-state index in [9.17, 15) is 9.59 Å². The Morgan fingerprint density at radius 3 is 2.28 bits per heavy atom. The normalized spacial score (nSPS) is 10.9. The van der Waals surface area contributed by atoms with Gasteiger partial charge in [0.15, 0.2) is 5.78 Å². The van der Waals surface area contributed by atoms with Crippen LogP contribution < -0.4 is 10.1 Å². The highest BCUT2D eigenvalue weighted by Gasteiger charge is 2.04. The molecule has 29 heavy (non-hydrogen) atoms. The lowest BCUT2D eigenvalue weighted by atomic mass is 10.1. The highest BCUT2D eigenvalue weighted by Crippen LogP contribution is 2.14. The molecule has 0 fully saturated rings. The molecule has 0 saturated heterocycles. The fourth-order valence-corrected chi connectivity index (χ4v) is 2.74. The van der Waals surface area contributed by atoms with E-state index in [1.165, 1.54) is 0 Å². The van der Waals surface area contributed by atoms with Crippen LogP contribution in [-0.4, -0.2) is 24.8 Å². The van der Waals surface area contributed by atoms with Gasteiger partial charge in [-0.05, 0) is 69.2 Å². The zero-order valence-corrected chi connectivity index (χ0v) is 17.4. The number of amides is 1. The van der Waals surface area contributed by atoms with E-state index in [-0.39, 0.29) is 11.7 Å². The molecule has 4 heteroatoms. The first-order chi connectivity index (χ1) is 13.9. The number of hydrogen-bond acceptors (Lipinski definition) is 3. The number of carbonyl (C=O) groups is 2. The van der Waals surface area contributed by atoms with Crippen LogP contribution in [0.5, 0.6) is 5.75 Å². The van der Waals surface area contributed by atoms with Crippen molar-refractivity contribution in [2.24, 2.45) is 0 Å². The van der Waals surface area contributed by atoms with Crippen molar-refractivity contribution in [3.05, 3.63) is 89.0 Å². The number of carbonyl (C=O) groups excluding carboxylic acids is 2. The zero-order valence-electron chi connectivity index (χ0n) is 17.4. The van der Waals surface area contributed by atoms with Crippen molar-refractivity contribution in [1.82, 2.24) is 5.32 Å². The average molecular weight is 392 g/mol. The molecular weight excluding hydrogens is 362 g/mol. The first-order valence-corrected chi connectivity index (χ1v) is 9.85. The Hall–Kier alpha value is -3.14. The van der Waals surface area contributed by atoms with Crippen LogP contribution in [0.25, 0.3) is 0 Å². The monoisotopic (exact) mass is 391 g/mol. The van der Waals surface area contributed by atoms with E-state index in [1.807, 2.05) is 63.2 Å². The lowest BCUT2D eigenvalue weighted by Crippen LogP contribution is -2.25. The molecule has 0 spiro atoms. The largest absolute Gasteiger partial charge is 0.493 e. The Balaban J connectivity index is 1.72. The van der Waals surface area contributed by atoms with Gasteiger partial charge in [0.05, 0.1) is 6.61 Å². The summed E-state index contributed by atoms with van der Waals surface area (Å²) in [5.74, 6) is 0.758. The Morgan fingerprint density at radius 1 is 0.931 bits per heavy atom. The Morgan fingerprint density at radius 2 is 1.62 bits per heavy atom. The van der Waals surface area contributed by atoms with Crippen LogP contribution in [0.3, 0.4) is 0 Å². The number of hydrogen-bond donors (Lipinski definition) is 1. The summed E-state index contributed by atoms with van der Waals surface area (Å²) < 4.78 is 5.76. The minimum atomic E-state index is -0.0583. The number of ketones is 1. The minimum absolute atomic E-state index is 0.0196. The van der Waals surface area contributed by atoms with Gasteiger partial charge in [0, 0.05) is 18.5 Å². The Bertz CT molecular complexity index is 861. The number of nitrogens with one attached hydrogen (secondary N) is 1. The van der Waals surface area contributed by atoms with Gasteiger partial charge < -0.3 is 10.1 Å². The molecule has 0 unspecified atom stereocenters. The summed E-state index contributed by atoms with van der Waals surface area (Å²) in [7, 11) is 0. The van der Waals surface area contributed by atoms with Crippen molar-refractivity contribution < 1.29 is 14.3 Å². The van der Waals surface area contributed by atoms with Gasteiger partial charge in [-0.25, -0.2) is 0 Å². The molecule has 4 nitrogen and oxygen atoms in total. The third kappa shape index (κ3) is 8.60. The quantitative estimate of drug-likeness (QED) is 0.586. The van der Waals surface area contributed by atoms with Crippen LogP contribution in [0.2, 0.25) is 0 Å². The summed E-state index contributed by atoms with van der Waals surface area (Å²) in [6.45, 7) is 6.86. The lowest BCUT2D eigenvalue weighted by Gasteiger charge is -2.08. The first kappa shape index (κ1) is 22.2. The van der Waals surface area contributed by atoms with Crippen molar-refractivity contribution in [3.63, 3.8) is 0 Å². The molecule has 0 atom stereocenters. The molecule has 0 aliphatic heterocycles. The second kappa shape index (κ2) is 11.6. The maximum atomic E-state index is 12.0. The molecule has 1 amide bonds. The number of benzene rings is 2. The minimum Gasteiger partial charge on any atom is -0.493 e. The van der Waals surface area contributed by atoms with E-state index in [2.05, 4.69) is 5.32 Å². The van der Waals surface area contributed by atoms with Crippen molar-refractivity contribution >= 4 is 11.7 Å². The summed E-state index contributed by atoms with van der Waals surface area (Å²) in [5.41, 5.74) is 3.80. The highest BCUT2D eigenvalue weighted by molar-refractivity contribution is 6.00. The number of rotatable bonds is 10. The standard InChI is InChI=1S/C25H29NO3/c1-19(2)17-23(27)18-20(3)14-16-29-24-11-9-21(10-12-24)13-15-26-25(28)22-7-5-4-6-8-22/h4-12,17-18H,13-16H2,1-3H3,(H,26,28)/b20-18+. The predicted octanol–water partition coefficient (Wildman–Crippen LogP) is 4.91. The molecule has 2 aromatic rings. The third-order valence-corrected chi connectivity index (χ3v) is 4.24. The fourth-order valence-electron chi connectivity index (χ4n) is 2.74. The van der Waals surface area contributed by atoms with E-state index in [0.29, 0.717) is 25.1 Å². The van der Waals surface area contributed by atoms with Gasteiger partial charge in [0.1, 0.15) is 5.75 Å². The molecule has 152 valence electrons.